The minimum absolute atomic E-state index is 0.554. The molecule has 0 aromatic heterocycles. The zero-order chi connectivity index (χ0) is 16.0. The van der Waals surface area contributed by atoms with Gasteiger partial charge in [0.05, 0.1) is 0 Å². The molecule has 0 aromatic rings. The second kappa shape index (κ2) is 12.9. The molecule has 0 fully saturated rings. The molecule has 1 nitrogen and oxygen atoms in total. The van der Waals surface area contributed by atoms with Crippen LogP contribution in [0, 0.1) is 0 Å². The normalized spacial score (nSPS) is 12.2. The summed E-state index contributed by atoms with van der Waals surface area (Å²) in [6.07, 6.45) is 11.2. The van der Waals surface area contributed by atoms with Gasteiger partial charge in [0.2, 0.25) is 0 Å². The van der Waals surface area contributed by atoms with Crippen LogP contribution in [-0.2, 0) is 4.79 Å². The van der Waals surface area contributed by atoms with Crippen molar-refractivity contribution in [2.45, 2.75) is 90.1 Å². The number of unbranched alkanes of at least 4 members (excludes halogenated alkanes) is 11. The van der Waals surface area contributed by atoms with Crippen molar-refractivity contribution >= 4 is 5.78 Å². The standard InChI is InChI=1S/C17H29F3O/c1-2-3-4-5-6-7-8-9-10-11-12-13-14-15-16(21)17(18,19)20/h14-15H,2-13H2,1H3. The molecule has 4 heteroatoms. The minimum atomic E-state index is -4.73. The highest BCUT2D eigenvalue weighted by molar-refractivity contribution is 5.94. The van der Waals surface area contributed by atoms with Crippen LogP contribution >= 0.6 is 0 Å². The Morgan fingerprint density at radius 2 is 1.24 bits per heavy atom. The molecule has 21 heavy (non-hydrogen) atoms. The number of allylic oxidation sites excluding steroid dienone is 2. The van der Waals surface area contributed by atoms with Gasteiger partial charge in [0, 0.05) is 0 Å². The van der Waals surface area contributed by atoms with Crippen LogP contribution in [0.5, 0.6) is 0 Å². The summed E-state index contributed by atoms with van der Waals surface area (Å²) in [5.41, 5.74) is 0. The summed E-state index contributed by atoms with van der Waals surface area (Å²) in [4.78, 5) is 10.6. The van der Waals surface area contributed by atoms with E-state index in [2.05, 4.69) is 6.92 Å². The molecule has 124 valence electrons. The van der Waals surface area contributed by atoms with Crippen LogP contribution in [0.4, 0.5) is 13.2 Å². The van der Waals surface area contributed by atoms with Crippen LogP contribution in [0.15, 0.2) is 12.2 Å². The molecule has 0 heterocycles. The Morgan fingerprint density at radius 3 is 1.67 bits per heavy atom. The third-order valence-corrected chi connectivity index (χ3v) is 3.52. The molecule has 0 unspecified atom stereocenters. The third-order valence-electron chi connectivity index (χ3n) is 3.52. The Labute approximate surface area is 127 Å². The highest BCUT2D eigenvalue weighted by Crippen LogP contribution is 2.17. The highest BCUT2D eigenvalue weighted by Gasteiger charge is 2.35. The van der Waals surface area contributed by atoms with Crippen LogP contribution in [0.2, 0.25) is 0 Å². The molecular formula is C17H29F3O. The first kappa shape index (κ1) is 20.2. The number of hydrogen-bond donors (Lipinski definition) is 0. The van der Waals surface area contributed by atoms with E-state index in [1.54, 1.807) is 0 Å². The Balaban J connectivity index is 3.26. The second-order valence-electron chi connectivity index (χ2n) is 5.59. The zero-order valence-corrected chi connectivity index (χ0v) is 13.2. The van der Waals surface area contributed by atoms with Gasteiger partial charge < -0.3 is 0 Å². The van der Waals surface area contributed by atoms with Gasteiger partial charge in [0.25, 0.3) is 5.78 Å². The number of halogens is 3. The number of carbonyl (C=O) groups is 1. The molecule has 0 radical (unpaired) electrons. The summed E-state index contributed by atoms with van der Waals surface area (Å²) in [7, 11) is 0. The zero-order valence-electron chi connectivity index (χ0n) is 13.2. The fourth-order valence-corrected chi connectivity index (χ4v) is 2.21. The molecule has 0 N–H and O–H groups in total. The first-order valence-electron chi connectivity index (χ1n) is 8.26. The van der Waals surface area contributed by atoms with Gasteiger partial charge in [-0.3, -0.25) is 4.79 Å². The van der Waals surface area contributed by atoms with E-state index in [1.165, 1.54) is 57.4 Å². The Hall–Kier alpha value is -0.800. The minimum Gasteiger partial charge on any atom is -0.285 e. The number of ketones is 1. The van der Waals surface area contributed by atoms with Gasteiger partial charge in [-0.2, -0.15) is 13.2 Å². The molecule has 0 aliphatic carbocycles. The van der Waals surface area contributed by atoms with Gasteiger partial charge in [-0.15, -0.1) is 0 Å². The van der Waals surface area contributed by atoms with Crippen LogP contribution in [-0.4, -0.2) is 12.0 Å². The molecular weight excluding hydrogens is 277 g/mol. The SMILES string of the molecule is CCCCCCCCCCCCCC=CC(=O)C(F)(F)F. The van der Waals surface area contributed by atoms with Gasteiger partial charge in [-0.25, -0.2) is 0 Å². The van der Waals surface area contributed by atoms with Crippen molar-refractivity contribution in [1.29, 1.82) is 0 Å². The van der Waals surface area contributed by atoms with E-state index in [1.807, 2.05) is 0 Å². The van der Waals surface area contributed by atoms with Crippen molar-refractivity contribution in [3.63, 3.8) is 0 Å². The van der Waals surface area contributed by atoms with Crippen molar-refractivity contribution < 1.29 is 18.0 Å². The van der Waals surface area contributed by atoms with Crippen LogP contribution < -0.4 is 0 Å². The van der Waals surface area contributed by atoms with Gasteiger partial charge in [-0.05, 0) is 18.9 Å². The molecule has 0 rings (SSSR count). The van der Waals surface area contributed by atoms with Gasteiger partial charge in [0.1, 0.15) is 0 Å². The van der Waals surface area contributed by atoms with Gasteiger partial charge >= 0.3 is 6.18 Å². The lowest BCUT2D eigenvalue weighted by Gasteiger charge is -2.02. The van der Waals surface area contributed by atoms with E-state index in [4.69, 9.17) is 0 Å². The van der Waals surface area contributed by atoms with Crippen molar-refractivity contribution in [3.8, 4) is 0 Å². The Kier molecular flexibility index (Phi) is 12.4. The summed E-state index contributed by atoms with van der Waals surface area (Å²) in [5.74, 6) is -1.76. The third kappa shape index (κ3) is 13.9. The molecule has 0 atom stereocenters. The monoisotopic (exact) mass is 306 g/mol. The molecule has 0 aliphatic heterocycles. The summed E-state index contributed by atoms with van der Waals surface area (Å²) >= 11 is 0. The quantitative estimate of drug-likeness (QED) is 0.285. The molecule has 0 saturated heterocycles. The van der Waals surface area contributed by atoms with E-state index >= 15 is 0 Å². The van der Waals surface area contributed by atoms with E-state index < -0.39 is 12.0 Å². The number of carbonyl (C=O) groups excluding carboxylic acids is 1. The first-order valence-corrected chi connectivity index (χ1v) is 8.26. The topological polar surface area (TPSA) is 17.1 Å². The van der Waals surface area contributed by atoms with E-state index in [0.717, 1.165) is 19.3 Å². The largest absolute Gasteiger partial charge is 0.454 e. The lowest BCUT2D eigenvalue weighted by molar-refractivity contribution is -0.165. The lowest BCUT2D eigenvalue weighted by Crippen LogP contribution is -2.19. The van der Waals surface area contributed by atoms with Crippen molar-refractivity contribution in [2.24, 2.45) is 0 Å². The lowest BCUT2D eigenvalue weighted by atomic mass is 10.1. The van der Waals surface area contributed by atoms with Crippen LogP contribution in [0.25, 0.3) is 0 Å². The smallest absolute Gasteiger partial charge is 0.285 e. The van der Waals surface area contributed by atoms with E-state index in [-0.39, 0.29) is 0 Å². The summed E-state index contributed by atoms with van der Waals surface area (Å²) in [6.45, 7) is 2.22. The highest BCUT2D eigenvalue weighted by atomic mass is 19.4. The predicted octanol–water partition coefficient (Wildman–Crippen LogP) is 6.38. The number of hydrogen-bond acceptors (Lipinski definition) is 1. The maximum atomic E-state index is 11.9. The van der Waals surface area contributed by atoms with Gasteiger partial charge in [-0.1, -0.05) is 77.2 Å². The average Bonchev–Trinajstić information content (AvgIpc) is 2.42. The molecule has 0 aromatic carbocycles. The Morgan fingerprint density at radius 1 is 0.810 bits per heavy atom. The number of alkyl halides is 3. The maximum absolute atomic E-state index is 11.9. The molecule has 0 aliphatic rings. The fourth-order valence-electron chi connectivity index (χ4n) is 2.21. The molecule has 0 bridgehead atoms. The first-order chi connectivity index (χ1) is 9.98. The second-order valence-corrected chi connectivity index (χ2v) is 5.59. The van der Waals surface area contributed by atoms with Gasteiger partial charge in [0.15, 0.2) is 0 Å². The average molecular weight is 306 g/mol. The molecule has 0 amide bonds. The Bertz CT molecular complexity index is 282. The van der Waals surface area contributed by atoms with Crippen molar-refractivity contribution in [1.82, 2.24) is 0 Å². The summed E-state index contributed by atoms with van der Waals surface area (Å²) < 4.78 is 35.7. The maximum Gasteiger partial charge on any atom is 0.454 e. The number of rotatable bonds is 13. The van der Waals surface area contributed by atoms with Crippen molar-refractivity contribution in [2.75, 3.05) is 0 Å². The fraction of sp³-hybridized carbons (Fsp3) is 0.824. The van der Waals surface area contributed by atoms with Crippen LogP contribution in [0.3, 0.4) is 0 Å². The predicted molar refractivity (Wildman–Crippen MR) is 81.3 cm³/mol. The van der Waals surface area contributed by atoms with E-state index in [9.17, 15) is 18.0 Å². The molecule has 0 spiro atoms. The summed E-state index contributed by atoms with van der Waals surface area (Å²) in [5, 5.41) is 0. The van der Waals surface area contributed by atoms with Crippen molar-refractivity contribution in [3.05, 3.63) is 12.2 Å². The summed E-state index contributed by atoms with van der Waals surface area (Å²) in [6, 6.07) is 0. The van der Waals surface area contributed by atoms with E-state index in [0.29, 0.717) is 12.5 Å². The molecule has 0 saturated carbocycles. The van der Waals surface area contributed by atoms with Crippen LogP contribution in [0.1, 0.15) is 84.0 Å².